The van der Waals surface area contributed by atoms with E-state index in [1.54, 1.807) is 12.1 Å². The van der Waals surface area contributed by atoms with Gasteiger partial charge in [-0.3, -0.25) is 4.79 Å². The number of hydrogen-bond donors (Lipinski definition) is 0. The van der Waals surface area contributed by atoms with Crippen LogP contribution in [0.4, 0.5) is 4.39 Å². The number of aryl methyl sites for hydroxylation is 1. The van der Waals surface area contributed by atoms with Crippen molar-refractivity contribution in [2.75, 3.05) is 5.75 Å². The maximum Gasteiger partial charge on any atom is 0.233 e. The van der Waals surface area contributed by atoms with Gasteiger partial charge in [-0.1, -0.05) is 43.2 Å². The summed E-state index contributed by atoms with van der Waals surface area (Å²) in [7, 11) is 1.90. The fourth-order valence-corrected chi connectivity index (χ4v) is 4.17. The van der Waals surface area contributed by atoms with E-state index in [0.29, 0.717) is 12.3 Å². The van der Waals surface area contributed by atoms with Crippen molar-refractivity contribution in [3.05, 3.63) is 41.5 Å². The fraction of sp³-hybridized carbons (Fsp3) is 0.526. The minimum Gasteiger partial charge on any atom is -0.335 e. The molecule has 0 saturated heterocycles. The van der Waals surface area contributed by atoms with Crippen molar-refractivity contribution < 1.29 is 9.18 Å². The van der Waals surface area contributed by atoms with E-state index in [0.717, 1.165) is 42.2 Å². The molecule has 7 heteroatoms. The quantitative estimate of drug-likeness (QED) is 0.721. The lowest BCUT2D eigenvalue weighted by molar-refractivity contribution is -0.132. The van der Waals surface area contributed by atoms with Gasteiger partial charge >= 0.3 is 0 Å². The van der Waals surface area contributed by atoms with Crippen molar-refractivity contribution >= 4 is 17.7 Å². The molecule has 0 N–H and O–H groups in total. The second kappa shape index (κ2) is 8.66. The molecule has 0 radical (unpaired) electrons. The third kappa shape index (κ3) is 4.63. The fourth-order valence-electron chi connectivity index (χ4n) is 3.32. The molecule has 0 unspecified atom stereocenters. The predicted molar refractivity (Wildman–Crippen MR) is 100 cm³/mol. The van der Waals surface area contributed by atoms with Crippen LogP contribution in [-0.4, -0.2) is 37.4 Å². The third-order valence-corrected chi connectivity index (χ3v) is 5.98. The summed E-state index contributed by atoms with van der Waals surface area (Å²) in [6.07, 6.45) is 5.64. The Balaban J connectivity index is 1.69. The maximum atomic E-state index is 13.2. The minimum absolute atomic E-state index is 0.104. The zero-order valence-corrected chi connectivity index (χ0v) is 16.1. The lowest BCUT2D eigenvalue weighted by atomic mass is 9.94. The number of thioether (sulfide) groups is 1. The summed E-state index contributed by atoms with van der Waals surface area (Å²) >= 11 is 1.42. The smallest absolute Gasteiger partial charge is 0.233 e. The lowest BCUT2D eigenvalue weighted by Crippen LogP contribution is -2.42. The van der Waals surface area contributed by atoms with Crippen LogP contribution in [0.3, 0.4) is 0 Å². The van der Waals surface area contributed by atoms with Gasteiger partial charge in [-0.2, -0.15) is 0 Å². The highest BCUT2D eigenvalue weighted by Crippen LogP contribution is 2.26. The number of amides is 1. The van der Waals surface area contributed by atoms with Gasteiger partial charge in [-0.15, -0.1) is 10.2 Å². The Morgan fingerprint density at radius 2 is 1.92 bits per heavy atom. The Morgan fingerprint density at radius 3 is 2.54 bits per heavy atom. The topological polar surface area (TPSA) is 51.0 Å². The van der Waals surface area contributed by atoms with Crippen LogP contribution in [0.1, 0.15) is 43.5 Å². The zero-order valence-electron chi connectivity index (χ0n) is 15.3. The number of rotatable bonds is 6. The average Bonchev–Trinajstić information content (AvgIpc) is 2.98. The molecule has 1 saturated carbocycles. The van der Waals surface area contributed by atoms with E-state index in [4.69, 9.17) is 0 Å². The van der Waals surface area contributed by atoms with Crippen LogP contribution in [0, 0.1) is 12.7 Å². The van der Waals surface area contributed by atoms with Crippen molar-refractivity contribution in [3.8, 4) is 0 Å². The molecule has 5 nitrogen and oxygen atoms in total. The van der Waals surface area contributed by atoms with Gasteiger partial charge in [0.25, 0.3) is 0 Å². The van der Waals surface area contributed by atoms with E-state index in [-0.39, 0.29) is 17.8 Å². The van der Waals surface area contributed by atoms with Gasteiger partial charge in [0.1, 0.15) is 11.6 Å². The van der Waals surface area contributed by atoms with Crippen molar-refractivity contribution in [2.45, 2.75) is 56.8 Å². The Kier molecular flexibility index (Phi) is 6.29. The van der Waals surface area contributed by atoms with E-state index in [1.165, 1.54) is 30.3 Å². The maximum absolute atomic E-state index is 13.2. The summed E-state index contributed by atoms with van der Waals surface area (Å²) in [6.45, 7) is 2.42. The molecular weight excluding hydrogens is 351 g/mol. The molecule has 1 amide bonds. The number of hydrogen-bond acceptors (Lipinski definition) is 4. The standard InChI is InChI=1S/C19H25FN4OS/c1-14-21-22-19(23(14)2)26-13-18(25)24(17-6-4-3-5-7-17)12-15-8-10-16(20)11-9-15/h8-11,17H,3-7,12-13H2,1-2H3. The molecule has 0 spiro atoms. The Bertz CT molecular complexity index is 740. The first-order chi connectivity index (χ1) is 12.5. The van der Waals surface area contributed by atoms with Crippen LogP contribution in [-0.2, 0) is 18.4 Å². The molecule has 1 aromatic carbocycles. The Morgan fingerprint density at radius 1 is 1.23 bits per heavy atom. The second-order valence-corrected chi connectivity index (χ2v) is 7.76. The lowest BCUT2D eigenvalue weighted by Gasteiger charge is -2.34. The van der Waals surface area contributed by atoms with Gasteiger partial charge in [0.15, 0.2) is 5.16 Å². The summed E-state index contributed by atoms with van der Waals surface area (Å²) in [5.41, 5.74) is 0.963. The molecule has 3 rings (SSSR count). The van der Waals surface area contributed by atoms with Crippen molar-refractivity contribution in [3.63, 3.8) is 0 Å². The molecule has 2 aromatic rings. The van der Waals surface area contributed by atoms with Crippen molar-refractivity contribution in [2.24, 2.45) is 7.05 Å². The number of halogens is 1. The summed E-state index contributed by atoms with van der Waals surface area (Å²) in [6, 6.07) is 6.70. The highest BCUT2D eigenvalue weighted by Gasteiger charge is 2.26. The van der Waals surface area contributed by atoms with Gasteiger partial charge in [0.2, 0.25) is 5.91 Å². The number of carbonyl (C=O) groups is 1. The number of nitrogens with zero attached hydrogens (tertiary/aromatic N) is 4. The predicted octanol–water partition coefficient (Wildman–Crippen LogP) is 3.72. The minimum atomic E-state index is -0.252. The van der Waals surface area contributed by atoms with Crippen LogP contribution in [0.15, 0.2) is 29.4 Å². The van der Waals surface area contributed by atoms with Gasteiger partial charge in [-0.05, 0) is 37.5 Å². The summed E-state index contributed by atoms with van der Waals surface area (Å²) in [5.74, 6) is 1.02. The molecule has 0 atom stereocenters. The molecule has 140 valence electrons. The van der Waals surface area contributed by atoms with Crippen molar-refractivity contribution in [1.82, 2.24) is 19.7 Å². The number of benzene rings is 1. The van der Waals surface area contributed by atoms with E-state index < -0.39 is 0 Å². The molecule has 1 aliphatic carbocycles. The van der Waals surface area contributed by atoms with Crippen LogP contribution in [0.5, 0.6) is 0 Å². The second-order valence-electron chi connectivity index (χ2n) is 6.82. The molecule has 1 heterocycles. The largest absolute Gasteiger partial charge is 0.335 e. The zero-order chi connectivity index (χ0) is 18.5. The Labute approximate surface area is 158 Å². The number of aromatic nitrogens is 3. The number of carbonyl (C=O) groups excluding carboxylic acids is 1. The first-order valence-corrected chi connectivity index (χ1v) is 10.1. The summed E-state index contributed by atoms with van der Waals surface area (Å²) in [4.78, 5) is 15.0. The normalized spacial score (nSPS) is 15.2. The first-order valence-electron chi connectivity index (χ1n) is 9.07. The first kappa shape index (κ1) is 18.9. The molecule has 0 bridgehead atoms. The van der Waals surface area contributed by atoms with Crippen LogP contribution < -0.4 is 0 Å². The third-order valence-electron chi connectivity index (χ3n) is 4.98. The van der Waals surface area contributed by atoms with E-state index >= 15 is 0 Å². The highest BCUT2D eigenvalue weighted by molar-refractivity contribution is 7.99. The molecule has 1 aromatic heterocycles. The summed E-state index contributed by atoms with van der Waals surface area (Å²) < 4.78 is 15.1. The van der Waals surface area contributed by atoms with Crippen LogP contribution in [0.25, 0.3) is 0 Å². The average molecular weight is 377 g/mol. The SMILES string of the molecule is Cc1nnc(SCC(=O)N(Cc2ccc(F)cc2)C2CCCCC2)n1C. The van der Waals surface area contributed by atoms with E-state index in [9.17, 15) is 9.18 Å². The molecule has 1 fully saturated rings. The molecular formula is C19H25FN4OS. The molecule has 0 aliphatic heterocycles. The van der Waals surface area contributed by atoms with E-state index in [2.05, 4.69) is 10.2 Å². The molecule has 26 heavy (non-hydrogen) atoms. The summed E-state index contributed by atoms with van der Waals surface area (Å²) in [5, 5.41) is 8.90. The molecule has 1 aliphatic rings. The van der Waals surface area contributed by atoms with Crippen molar-refractivity contribution in [1.29, 1.82) is 0 Å². The van der Waals surface area contributed by atoms with Crippen LogP contribution >= 0.6 is 11.8 Å². The highest BCUT2D eigenvalue weighted by atomic mass is 32.2. The van der Waals surface area contributed by atoms with E-state index in [1.807, 2.05) is 23.4 Å². The Hall–Kier alpha value is -1.89. The van der Waals surface area contributed by atoms with Crippen LogP contribution in [0.2, 0.25) is 0 Å². The van der Waals surface area contributed by atoms with Gasteiger partial charge in [-0.25, -0.2) is 4.39 Å². The van der Waals surface area contributed by atoms with Gasteiger partial charge in [0, 0.05) is 19.6 Å². The van der Waals surface area contributed by atoms with Gasteiger partial charge in [0.05, 0.1) is 5.75 Å². The monoisotopic (exact) mass is 376 g/mol. The van der Waals surface area contributed by atoms with Gasteiger partial charge < -0.3 is 9.47 Å².